The van der Waals surface area contributed by atoms with E-state index >= 15 is 0 Å². The molecule has 90 valence electrons. The molecule has 0 spiro atoms. The van der Waals surface area contributed by atoms with Crippen LogP contribution in [0.1, 0.15) is 0 Å². The molecule has 6 heteroatoms. The van der Waals surface area contributed by atoms with Gasteiger partial charge in [-0.3, -0.25) is 0 Å². The van der Waals surface area contributed by atoms with E-state index in [2.05, 4.69) is 0 Å². The van der Waals surface area contributed by atoms with E-state index in [1.54, 1.807) is 0 Å². The van der Waals surface area contributed by atoms with Crippen molar-refractivity contribution in [2.24, 2.45) is 0 Å². The molecule has 1 rings (SSSR count). The molecule has 5 atom stereocenters. The summed E-state index contributed by atoms with van der Waals surface area (Å²) in [5.74, 6) is 0. The highest BCUT2D eigenvalue weighted by Gasteiger charge is 2.45. The van der Waals surface area contributed by atoms with Crippen molar-refractivity contribution in [3.63, 3.8) is 0 Å². The molecule has 0 aromatic rings. The first-order valence-electron chi connectivity index (χ1n) is 4.72. The number of hydrogen-bond acceptors (Lipinski definition) is 6. The second kappa shape index (κ2) is 5.74. The van der Waals surface area contributed by atoms with Gasteiger partial charge in [-0.2, -0.15) is 0 Å². The maximum absolute atomic E-state index is 9.91. The number of aliphatic hydroxyl groups excluding tert-OH is 2. The number of rotatable bonds is 4. The lowest BCUT2D eigenvalue weighted by molar-refractivity contribution is -0.302. The maximum Gasteiger partial charge on any atom is 0.186 e. The molecule has 1 aliphatic heterocycles. The molecule has 1 heterocycles. The zero-order valence-corrected chi connectivity index (χ0v) is 9.12. The second-order valence-electron chi connectivity index (χ2n) is 3.35. The van der Waals surface area contributed by atoms with Gasteiger partial charge in [0.25, 0.3) is 0 Å². The Kier molecular flexibility index (Phi) is 4.91. The SMILES string of the molecule is CO[C@@H]1C(CO)O[C@@H](OC)[C@@H](OC)C1O. The van der Waals surface area contributed by atoms with Crippen molar-refractivity contribution in [3.8, 4) is 0 Å². The van der Waals surface area contributed by atoms with E-state index < -0.39 is 30.7 Å². The van der Waals surface area contributed by atoms with Crippen LogP contribution in [0.2, 0.25) is 0 Å². The van der Waals surface area contributed by atoms with Crippen molar-refractivity contribution in [1.82, 2.24) is 0 Å². The summed E-state index contributed by atoms with van der Waals surface area (Å²) >= 11 is 0. The second-order valence-corrected chi connectivity index (χ2v) is 3.35. The molecule has 0 aromatic heterocycles. The third-order valence-electron chi connectivity index (χ3n) is 2.57. The van der Waals surface area contributed by atoms with E-state index in [1.165, 1.54) is 21.3 Å². The smallest absolute Gasteiger partial charge is 0.186 e. The fraction of sp³-hybridized carbons (Fsp3) is 1.00. The highest BCUT2D eigenvalue weighted by molar-refractivity contribution is 4.90. The van der Waals surface area contributed by atoms with Gasteiger partial charge < -0.3 is 29.2 Å². The Morgan fingerprint density at radius 3 is 2.07 bits per heavy atom. The summed E-state index contributed by atoms with van der Waals surface area (Å²) in [6.07, 6.45) is -3.44. The van der Waals surface area contributed by atoms with E-state index in [4.69, 9.17) is 24.1 Å². The van der Waals surface area contributed by atoms with Crippen LogP contribution in [-0.4, -0.2) is 68.9 Å². The topological polar surface area (TPSA) is 77.4 Å². The quantitative estimate of drug-likeness (QED) is 0.618. The van der Waals surface area contributed by atoms with Crippen molar-refractivity contribution in [1.29, 1.82) is 0 Å². The molecule has 1 fully saturated rings. The standard InChI is InChI=1S/C9H18O6/c1-12-7-5(4-10)15-9(14-3)8(13-2)6(7)11/h5-11H,4H2,1-3H3/t5?,6?,7-,8+,9-/m1/s1. The van der Waals surface area contributed by atoms with Gasteiger partial charge in [0, 0.05) is 21.3 Å². The maximum atomic E-state index is 9.91. The highest BCUT2D eigenvalue weighted by atomic mass is 16.7. The Hall–Kier alpha value is -0.240. The van der Waals surface area contributed by atoms with Gasteiger partial charge in [0.05, 0.1) is 6.61 Å². The lowest BCUT2D eigenvalue weighted by Gasteiger charge is -2.42. The molecule has 0 saturated carbocycles. The molecule has 1 saturated heterocycles. The van der Waals surface area contributed by atoms with Crippen LogP contribution in [0.15, 0.2) is 0 Å². The molecule has 0 bridgehead atoms. The summed E-state index contributed by atoms with van der Waals surface area (Å²) in [4.78, 5) is 0. The summed E-state index contributed by atoms with van der Waals surface area (Å²) in [6.45, 7) is -0.244. The Morgan fingerprint density at radius 1 is 1.07 bits per heavy atom. The summed E-state index contributed by atoms with van der Waals surface area (Å²) < 4.78 is 20.5. The van der Waals surface area contributed by atoms with Gasteiger partial charge in [0.15, 0.2) is 6.29 Å². The minimum atomic E-state index is -0.893. The molecule has 2 unspecified atom stereocenters. The van der Waals surface area contributed by atoms with E-state index in [9.17, 15) is 5.11 Å². The van der Waals surface area contributed by atoms with Gasteiger partial charge >= 0.3 is 0 Å². The first-order chi connectivity index (χ1) is 7.19. The number of hydrogen-bond donors (Lipinski definition) is 2. The lowest BCUT2D eigenvalue weighted by Crippen LogP contribution is -2.60. The normalized spacial score (nSPS) is 41.8. The number of ether oxygens (including phenoxy) is 4. The van der Waals surface area contributed by atoms with Crippen LogP contribution < -0.4 is 0 Å². The zero-order chi connectivity index (χ0) is 11.4. The zero-order valence-electron chi connectivity index (χ0n) is 9.12. The predicted molar refractivity (Wildman–Crippen MR) is 50.4 cm³/mol. The van der Waals surface area contributed by atoms with Crippen molar-refractivity contribution < 1.29 is 29.2 Å². The predicted octanol–water partition coefficient (Wildman–Crippen LogP) is -1.26. The van der Waals surface area contributed by atoms with Gasteiger partial charge in [0.1, 0.15) is 24.4 Å². The van der Waals surface area contributed by atoms with Crippen LogP contribution in [0.3, 0.4) is 0 Å². The van der Waals surface area contributed by atoms with Gasteiger partial charge in [-0.1, -0.05) is 0 Å². The summed E-state index contributed by atoms with van der Waals surface area (Å²) in [7, 11) is 4.35. The molecule has 2 N–H and O–H groups in total. The van der Waals surface area contributed by atoms with Crippen LogP contribution in [0, 0.1) is 0 Å². The van der Waals surface area contributed by atoms with Crippen molar-refractivity contribution in [2.75, 3.05) is 27.9 Å². The van der Waals surface area contributed by atoms with Gasteiger partial charge in [0.2, 0.25) is 0 Å². The number of aliphatic hydroxyl groups is 2. The lowest BCUT2D eigenvalue weighted by atomic mass is 9.99. The minimum Gasteiger partial charge on any atom is -0.394 e. The molecule has 0 aliphatic carbocycles. The minimum absolute atomic E-state index is 0.244. The molecule has 15 heavy (non-hydrogen) atoms. The molecule has 1 aliphatic rings. The van der Waals surface area contributed by atoms with Crippen LogP contribution in [0.5, 0.6) is 0 Å². The third-order valence-corrected chi connectivity index (χ3v) is 2.57. The average molecular weight is 222 g/mol. The summed E-state index contributed by atoms with van der Waals surface area (Å²) in [6, 6.07) is 0. The van der Waals surface area contributed by atoms with Gasteiger partial charge in [-0.25, -0.2) is 0 Å². The van der Waals surface area contributed by atoms with Crippen molar-refractivity contribution in [2.45, 2.75) is 30.7 Å². The fourth-order valence-electron chi connectivity index (χ4n) is 1.77. The van der Waals surface area contributed by atoms with E-state index in [-0.39, 0.29) is 6.61 Å². The molecular weight excluding hydrogens is 204 g/mol. The van der Waals surface area contributed by atoms with Crippen LogP contribution in [0.4, 0.5) is 0 Å². The molecule has 0 amide bonds. The van der Waals surface area contributed by atoms with E-state index in [1.807, 2.05) is 0 Å². The highest BCUT2D eigenvalue weighted by Crippen LogP contribution is 2.25. The Morgan fingerprint density at radius 2 is 1.67 bits per heavy atom. The Labute approximate surface area is 88.7 Å². The van der Waals surface area contributed by atoms with Gasteiger partial charge in [-0.15, -0.1) is 0 Å². The van der Waals surface area contributed by atoms with E-state index in [0.29, 0.717) is 0 Å². The van der Waals surface area contributed by atoms with Gasteiger partial charge in [-0.05, 0) is 0 Å². The van der Waals surface area contributed by atoms with Crippen molar-refractivity contribution in [3.05, 3.63) is 0 Å². The average Bonchev–Trinajstić information content (AvgIpc) is 2.27. The summed E-state index contributed by atoms with van der Waals surface area (Å²) in [5.41, 5.74) is 0. The molecular formula is C9H18O6. The van der Waals surface area contributed by atoms with E-state index in [0.717, 1.165) is 0 Å². The number of methoxy groups -OCH3 is 3. The fourth-order valence-corrected chi connectivity index (χ4v) is 1.77. The molecule has 0 aromatic carbocycles. The largest absolute Gasteiger partial charge is 0.394 e. The first-order valence-corrected chi connectivity index (χ1v) is 4.72. The molecule has 6 nitrogen and oxygen atoms in total. The van der Waals surface area contributed by atoms with Crippen LogP contribution in [-0.2, 0) is 18.9 Å². The Bertz CT molecular complexity index is 169. The van der Waals surface area contributed by atoms with Crippen LogP contribution in [0.25, 0.3) is 0 Å². The third kappa shape index (κ3) is 2.47. The summed E-state index contributed by atoms with van der Waals surface area (Å²) in [5, 5.41) is 19.0. The molecule has 0 radical (unpaired) electrons. The monoisotopic (exact) mass is 222 g/mol. The first kappa shape index (κ1) is 12.8. The van der Waals surface area contributed by atoms with Crippen molar-refractivity contribution >= 4 is 0 Å². The Balaban J connectivity index is 2.76. The van der Waals surface area contributed by atoms with Crippen LogP contribution >= 0.6 is 0 Å².